The van der Waals surface area contributed by atoms with Crippen LogP contribution in [0.1, 0.15) is 42.9 Å². The average molecular weight is 536 g/mol. The van der Waals surface area contributed by atoms with E-state index >= 15 is 0 Å². The van der Waals surface area contributed by atoms with Gasteiger partial charge in [0.1, 0.15) is 5.97 Å². The summed E-state index contributed by atoms with van der Waals surface area (Å²) in [4.78, 5) is 29.1. The third-order valence-corrected chi connectivity index (χ3v) is 6.25. The lowest BCUT2D eigenvalue weighted by atomic mass is 10.0. The smallest absolute Gasteiger partial charge is 0.430 e. The fourth-order valence-corrected chi connectivity index (χ4v) is 4.25. The highest BCUT2D eigenvalue weighted by Gasteiger charge is 2.29. The molecule has 0 aliphatic carbocycles. The molecule has 0 aromatic heterocycles. The molecule has 0 spiro atoms. The normalized spacial score (nSPS) is 14.2. The summed E-state index contributed by atoms with van der Waals surface area (Å²) in [6.07, 6.45) is -1.52. The highest BCUT2D eigenvalue weighted by molar-refractivity contribution is 5.76. The van der Waals surface area contributed by atoms with Crippen LogP contribution < -0.4 is 21.6 Å². The van der Waals surface area contributed by atoms with Crippen molar-refractivity contribution >= 4 is 17.8 Å². The molecule has 0 unspecified atom stereocenters. The third-order valence-electron chi connectivity index (χ3n) is 6.25. The van der Waals surface area contributed by atoms with Gasteiger partial charge >= 0.3 is 12.1 Å². The number of likely N-dealkylation sites (tertiary alicyclic amines) is 1. The lowest BCUT2D eigenvalue weighted by molar-refractivity contribution is -0.477. The molecule has 0 radical (unpaired) electrons. The SMILES string of the molecule is CCC(=O)N(Cc1cccc(C[NH+]=C(N)N)c1)C1CCN(CCc2ccccc2)CC1.O=C([O-])C(F)(F)F. The number of hydrogen-bond acceptors (Lipinski definition) is 4. The molecule has 11 heteroatoms. The molecule has 2 aromatic rings. The number of nitrogens with two attached hydrogens (primary N) is 2. The Hall–Kier alpha value is -3.60. The minimum atomic E-state index is -5.19. The van der Waals surface area contributed by atoms with Gasteiger partial charge in [-0.2, -0.15) is 13.2 Å². The topological polar surface area (TPSA) is 130 Å². The first-order chi connectivity index (χ1) is 18.0. The van der Waals surface area contributed by atoms with Crippen LogP contribution in [0.2, 0.25) is 0 Å². The van der Waals surface area contributed by atoms with E-state index in [1.54, 1.807) is 0 Å². The maximum Gasteiger partial charge on any atom is 0.430 e. The number of piperidine rings is 1. The van der Waals surface area contributed by atoms with E-state index in [9.17, 15) is 18.0 Å². The second-order valence-electron chi connectivity index (χ2n) is 9.10. The molecule has 1 saturated heterocycles. The van der Waals surface area contributed by atoms with Crippen LogP contribution in [0.25, 0.3) is 0 Å². The number of carbonyl (C=O) groups is 2. The van der Waals surface area contributed by atoms with Crippen LogP contribution >= 0.6 is 0 Å². The number of carbonyl (C=O) groups excluding carboxylic acids is 2. The number of nitrogens with one attached hydrogen (secondary N) is 1. The first-order valence-corrected chi connectivity index (χ1v) is 12.5. The van der Waals surface area contributed by atoms with Crippen molar-refractivity contribution in [2.75, 3.05) is 19.6 Å². The van der Waals surface area contributed by atoms with Gasteiger partial charge in [-0.05, 0) is 36.0 Å². The molecular formula is C27H36F3N5O3. The second-order valence-corrected chi connectivity index (χ2v) is 9.10. The van der Waals surface area contributed by atoms with Gasteiger partial charge in [-0.3, -0.25) is 21.3 Å². The van der Waals surface area contributed by atoms with E-state index in [-0.39, 0.29) is 11.9 Å². The Balaban J connectivity index is 0.000000638. The number of aliphatic carboxylic acids is 1. The van der Waals surface area contributed by atoms with E-state index < -0.39 is 12.1 Å². The lowest BCUT2D eigenvalue weighted by Gasteiger charge is -2.38. The predicted octanol–water partition coefficient (Wildman–Crippen LogP) is 0.285. The largest absolute Gasteiger partial charge is 0.542 e. The molecule has 3 rings (SSSR count). The Morgan fingerprint density at radius 2 is 1.61 bits per heavy atom. The van der Waals surface area contributed by atoms with Crippen molar-refractivity contribution in [3.63, 3.8) is 0 Å². The summed E-state index contributed by atoms with van der Waals surface area (Å²) in [7, 11) is 0. The molecule has 1 amide bonds. The molecule has 1 aliphatic heterocycles. The second kappa shape index (κ2) is 15.0. The fourth-order valence-electron chi connectivity index (χ4n) is 4.25. The lowest BCUT2D eigenvalue weighted by Crippen LogP contribution is -2.76. The number of rotatable bonds is 9. The number of alkyl halides is 3. The minimum absolute atomic E-state index is 0.215. The van der Waals surface area contributed by atoms with Crippen LogP contribution in [0.4, 0.5) is 13.2 Å². The van der Waals surface area contributed by atoms with Gasteiger partial charge in [0.2, 0.25) is 5.91 Å². The summed E-state index contributed by atoms with van der Waals surface area (Å²) in [6.45, 7) is 6.34. The zero-order valence-electron chi connectivity index (χ0n) is 21.5. The molecule has 208 valence electrons. The van der Waals surface area contributed by atoms with E-state index in [1.807, 2.05) is 19.1 Å². The van der Waals surface area contributed by atoms with Crippen molar-refractivity contribution in [3.05, 3.63) is 71.3 Å². The predicted molar refractivity (Wildman–Crippen MR) is 136 cm³/mol. The summed E-state index contributed by atoms with van der Waals surface area (Å²) in [5.41, 5.74) is 14.6. The van der Waals surface area contributed by atoms with Crippen molar-refractivity contribution in [1.29, 1.82) is 0 Å². The van der Waals surface area contributed by atoms with E-state index in [2.05, 4.69) is 57.3 Å². The Kier molecular flexibility index (Phi) is 12.1. The summed E-state index contributed by atoms with van der Waals surface area (Å²) in [6, 6.07) is 19.2. The Morgan fingerprint density at radius 3 is 2.16 bits per heavy atom. The Labute approximate surface area is 221 Å². The fraction of sp³-hybridized carbons (Fsp3) is 0.444. The van der Waals surface area contributed by atoms with Gasteiger partial charge in [0.05, 0.1) is 6.54 Å². The molecule has 38 heavy (non-hydrogen) atoms. The number of halogens is 3. The zero-order chi connectivity index (χ0) is 28.1. The summed E-state index contributed by atoms with van der Waals surface area (Å²) < 4.78 is 31.5. The molecule has 5 N–H and O–H groups in total. The van der Waals surface area contributed by atoms with Gasteiger partial charge in [0, 0.05) is 38.6 Å². The molecule has 8 nitrogen and oxygen atoms in total. The number of carboxylic acids is 1. The number of benzene rings is 2. The number of amides is 1. The Bertz CT molecular complexity index is 1050. The highest BCUT2D eigenvalue weighted by atomic mass is 19.4. The van der Waals surface area contributed by atoms with Gasteiger partial charge in [0.25, 0.3) is 0 Å². The van der Waals surface area contributed by atoms with Gasteiger partial charge in [0.15, 0.2) is 0 Å². The van der Waals surface area contributed by atoms with Crippen molar-refractivity contribution in [1.82, 2.24) is 9.80 Å². The number of hydrogen-bond donors (Lipinski definition) is 3. The molecule has 1 heterocycles. The first kappa shape index (κ1) is 30.6. The monoisotopic (exact) mass is 535 g/mol. The maximum atomic E-state index is 12.8. The van der Waals surface area contributed by atoms with Gasteiger partial charge in [-0.1, -0.05) is 61.5 Å². The van der Waals surface area contributed by atoms with Gasteiger partial charge < -0.3 is 19.7 Å². The van der Waals surface area contributed by atoms with Crippen LogP contribution in [0.3, 0.4) is 0 Å². The number of nitrogens with zero attached hydrogens (tertiary/aromatic N) is 2. The van der Waals surface area contributed by atoms with Gasteiger partial charge in [-0.25, -0.2) is 0 Å². The van der Waals surface area contributed by atoms with Crippen molar-refractivity contribution in [3.8, 4) is 0 Å². The summed E-state index contributed by atoms with van der Waals surface area (Å²) >= 11 is 0. The Morgan fingerprint density at radius 1 is 1.03 bits per heavy atom. The van der Waals surface area contributed by atoms with E-state index in [1.165, 1.54) is 5.56 Å². The van der Waals surface area contributed by atoms with Crippen molar-refractivity contribution in [2.45, 2.75) is 57.9 Å². The van der Waals surface area contributed by atoms with Crippen LogP contribution in [-0.4, -0.2) is 59.5 Å². The molecule has 0 bridgehead atoms. The first-order valence-electron chi connectivity index (χ1n) is 12.5. The average Bonchev–Trinajstić information content (AvgIpc) is 2.90. The van der Waals surface area contributed by atoms with E-state index in [4.69, 9.17) is 21.4 Å². The quantitative estimate of drug-likeness (QED) is 0.313. The van der Waals surface area contributed by atoms with E-state index in [0.29, 0.717) is 25.6 Å². The standard InChI is InChI=1S/C25H35N5O.C2HF3O2/c1-2-24(31)30(19-22-10-6-9-21(17-22)18-28-25(26)27)23-12-15-29(16-13-23)14-11-20-7-4-3-5-8-20;3-2(4,5)1(6)7/h3-10,17,23H,2,11-16,18-19H2,1H3,(H4,26,27,28);(H,6,7). The third kappa shape index (κ3) is 10.8. The molecule has 2 aromatic carbocycles. The molecular weight excluding hydrogens is 499 g/mol. The zero-order valence-corrected chi connectivity index (χ0v) is 21.5. The van der Waals surface area contributed by atoms with Crippen LogP contribution in [0, 0.1) is 0 Å². The van der Waals surface area contributed by atoms with Crippen LogP contribution in [-0.2, 0) is 29.1 Å². The maximum absolute atomic E-state index is 12.8. The summed E-state index contributed by atoms with van der Waals surface area (Å²) in [5, 5.41) is 8.78. The van der Waals surface area contributed by atoms with Gasteiger partial charge in [-0.15, -0.1) is 0 Å². The van der Waals surface area contributed by atoms with E-state index in [0.717, 1.165) is 50.0 Å². The van der Waals surface area contributed by atoms with Crippen LogP contribution in [0.15, 0.2) is 54.6 Å². The summed E-state index contributed by atoms with van der Waals surface area (Å²) in [5.74, 6) is -2.56. The minimum Gasteiger partial charge on any atom is -0.542 e. The molecule has 0 atom stereocenters. The van der Waals surface area contributed by atoms with Crippen LogP contribution in [0.5, 0.6) is 0 Å². The molecule has 1 aliphatic rings. The van der Waals surface area contributed by atoms with Crippen molar-refractivity contribution < 1.29 is 32.9 Å². The highest BCUT2D eigenvalue weighted by Crippen LogP contribution is 2.21. The van der Waals surface area contributed by atoms with Crippen molar-refractivity contribution in [2.24, 2.45) is 11.5 Å². The molecule has 1 fully saturated rings. The number of carboxylic acid groups (broad SMARTS) is 1. The molecule has 0 saturated carbocycles. The number of guanidine groups is 1.